The molecule has 0 saturated heterocycles. The zero-order chi connectivity index (χ0) is 18.0. The minimum Gasteiger partial charge on any atom is -0.338 e. The lowest BCUT2D eigenvalue weighted by molar-refractivity contribution is 0.252. The van der Waals surface area contributed by atoms with E-state index in [4.69, 9.17) is 34.8 Å². The largest absolute Gasteiger partial charge is 0.338 e. The predicted molar refractivity (Wildman–Crippen MR) is 100 cm³/mol. The molecule has 128 valence electrons. The fourth-order valence-corrected chi connectivity index (χ4v) is 2.86. The number of fused-ring (bicyclic) bond motifs is 1. The SMILES string of the molecule is CCNC(=O)Nc1ccc2ncc(-c3cc(Cl)cc(Cl)c3Cl)nc2n1. The smallest absolute Gasteiger partial charge is 0.320 e. The van der Waals surface area contributed by atoms with Crippen molar-refractivity contribution >= 4 is 57.8 Å². The first-order valence-corrected chi connectivity index (χ1v) is 8.45. The van der Waals surface area contributed by atoms with E-state index in [2.05, 4.69) is 25.6 Å². The van der Waals surface area contributed by atoms with E-state index in [9.17, 15) is 4.79 Å². The van der Waals surface area contributed by atoms with Gasteiger partial charge in [0.2, 0.25) is 0 Å². The lowest BCUT2D eigenvalue weighted by Crippen LogP contribution is -2.28. The second-order valence-corrected chi connectivity index (χ2v) is 6.25. The molecule has 3 aromatic rings. The molecule has 0 aliphatic rings. The molecular formula is C16H12Cl3N5O. The molecule has 0 fully saturated rings. The fourth-order valence-electron chi connectivity index (χ4n) is 2.16. The van der Waals surface area contributed by atoms with E-state index in [1.807, 2.05) is 6.92 Å². The molecule has 2 heterocycles. The number of hydrogen-bond acceptors (Lipinski definition) is 4. The highest BCUT2D eigenvalue weighted by molar-refractivity contribution is 6.45. The average Bonchev–Trinajstić information content (AvgIpc) is 2.57. The molecule has 0 saturated carbocycles. The highest BCUT2D eigenvalue weighted by atomic mass is 35.5. The summed E-state index contributed by atoms with van der Waals surface area (Å²) in [4.78, 5) is 24.7. The van der Waals surface area contributed by atoms with Crippen molar-refractivity contribution in [3.8, 4) is 11.3 Å². The van der Waals surface area contributed by atoms with Crippen LogP contribution in [0, 0.1) is 0 Å². The summed E-state index contributed by atoms with van der Waals surface area (Å²) in [5.74, 6) is 0.361. The summed E-state index contributed by atoms with van der Waals surface area (Å²) in [6.07, 6.45) is 1.56. The van der Waals surface area contributed by atoms with Gasteiger partial charge in [-0.2, -0.15) is 0 Å². The van der Waals surface area contributed by atoms with Gasteiger partial charge in [-0.1, -0.05) is 34.8 Å². The third-order valence-corrected chi connectivity index (χ3v) is 4.27. The van der Waals surface area contributed by atoms with Crippen LogP contribution in [0.1, 0.15) is 6.92 Å². The lowest BCUT2D eigenvalue weighted by Gasteiger charge is -2.08. The third-order valence-electron chi connectivity index (χ3n) is 3.25. The molecule has 2 aromatic heterocycles. The maximum absolute atomic E-state index is 11.6. The van der Waals surface area contributed by atoms with Crippen LogP contribution in [0.3, 0.4) is 0 Å². The molecular weight excluding hydrogens is 385 g/mol. The maximum Gasteiger partial charge on any atom is 0.320 e. The number of nitrogens with one attached hydrogen (secondary N) is 2. The molecule has 0 spiro atoms. The first kappa shape index (κ1) is 17.7. The van der Waals surface area contributed by atoms with Gasteiger partial charge in [0, 0.05) is 17.1 Å². The Morgan fingerprint density at radius 3 is 2.72 bits per heavy atom. The van der Waals surface area contributed by atoms with Gasteiger partial charge in [0.15, 0.2) is 5.65 Å². The minimum absolute atomic E-state index is 0.325. The summed E-state index contributed by atoms with van der Waals surface area (Å²) in [6, 6.07) is 6.23. The fraction of sp³-hybridized carbons (Fsp3) is 0.125. The van der Waals surface area contributed by atoms with Gasteiger partial charge in [0.25, 0.3) is 0 Å². The second kappa shape index (κ2) is 7.39. The first-order valence-electron chi connectivity index (χ1n) is 7.31. The van der Waals surface area contributed by atoms with Crippen LogP contribution in [-0.2, 0) is 0 Å². The third kappa shape index (κ3) is 3.92. The Morgan fingerprint density at radius 2 is 1.96 bits per heavy atom. The van der Waals surface area contributed by atoms with Crippen LogP contribution in [0.15, 0.2) is 30.5 Å². The van der Waals surface area contributed by atoms with E-state index >= 15 is 0 Å². The number of aromatic nitrogens is 3. The number of hydrogen-bond donors (Lipinski definition) is 2. The van der Waals surface area contributed by atoms with Crippen LogP contribution in [0.2, 0.25) is 15.1 Å². The van der Waals surface area contributed by atoms with Crippen LogP contribution in [0.25, 0.3) is 22.4 Å². The van der Waals surface area contributed by atoms with E-state index in [-0.39, 0.29) is 6.03 Å². The van der Waals surface area contributed by atoms with Crippen molar-refractivity contribution in [2.75, 3.05) is 11.9 Å². The Labute approximate surface area is 158 Å². The highest BCUT2D eigenvalue weighted by Crippen LogP contribution is 2.35. The number of benzene rings is 1. The molecule has 25 heavy (non-hydrogen) atoms. The molecule has 6 nitrogen and oxygen atoms in total. The number of nitrogens with zero attached hydrogens (tertiary/aromatic N) is 3. The van der Waals surface area contributed by atoms with Crippen molar-refractivity contribution in [1.29, 1.82) is 0 Å². The van der Waals surface area contributed by atoms with Crippen LogP contribution in [-0.4, -0.2) is 27.5 Å². The van der Waals surface area contributed by atoms with Gasteiger partial charge >= 0.3 is 6.03 Å². The molecule has 2 amide bonds. The number of pyridine rings is 1. The molecule has 0 radical (unpaired) electrons. The van der Waals surface area contributed by atoms with Gasteiger partial charge in [-0.05, 0) is 31.2 Å². The number of halogens is 3. The van der Waals surface area contributed by atoms with Crippen LogP contribution in [0.4, 0.5) is 10.6 Å². The van der Waals surface area contributed by atoms with Gasteiger partial charge < -0.3 is 5.32 Å². The number of anilines is 1. The Bertz CT molecular complexity index is 964. The minimum atomic E-state index is -0.344. The van der Waals surface area contributed by atoms with E-state index in [0.29, 0.717) is 49.9 Å². The molecule has 0 atom stereocenters. The number of amides is 2. The Morgan fingerprint density at radius 1 is 1.16 bits per heavy atom. The van der Waals surface area contributed by atoms with Crippen molar-refractivity contribution in [2.24, 2.45) is 0 Å². The summed E-state index contributed by atoms with van der Waals surface area (Å²) in [5, 5.41) is 6.34. The van der Waals surface area contributed by atoms with Crippen molar-refractivity contribution in [3.63, 3.8) is 0 Å². The van der Waals surface area contributed by atoms with Gasteiger partial charge in [0.1, 0.15) is 11.3 Å². The molecule has 3 rings (SSSR count). The maximum atomic E-state index is 11.6. The Kier molecular flexibility index (Phi) is 5.22. The quantitative estimate of drug-likeness (QED) is 0.624. The average molecular weight is 397 g/mol. The summed E-state index contributed by atoms with van der Waals surface area (Å²) in [5.41, 5.74) is 1.97. The lowest BCUT2D eigenvalue weighted by atomic mass is 10.1. The van der Waals surface area contributed by atoms with Crippen LogP contribution >= 0.6 is 34.8 Å². The topological polar surface area (TPSA) is 79.8 Å². The number of urea groups is 1. The molecule has 9 heteroatoms. The summed E-state index contributed by atoms with van der Waals surface area (Å²) in [7, 11) is 0. The zero-order valence-electron chi connectivity index (χ0n) is 13.0. The first-order chi connectivity index (χ1) is 12.0. The van der Waals surface area contributed by atoms with Gasteiger partial charge in [-0.25, -0.2) is 14.8 Å². The van der Waals surface area contributed by atoms with Gasteiger partial charge in [0.05, 0.1) is 21.9 Å². The molecule has 0 bridgehead atoms. The second-order valence-electron chi connectivity index (χ2n) is 5.03. The van der Waals surface area contributed by atoms with Gasteiger partial charge in [-0.3, -0.25) is 10.3 Å². The van der Waals surface area contributed by atoms with Gasteiger partial charge in [-0.15, -0.1) is 0 Å². The molecule has 0 aliphatic carbocycles. The van der Waals surface area contributed by atoms with Crippen LogP contribution in [0.5, 0.6) is 0 Å². The molecule has 1 aromatic carbocycles. The Hall–Kier alpha value is -2.15. The summed E-state index contributed by atoms with van der Waals surface area (Å²) < 4.78 is 0. The van der Waals surface area contributed by atoms with Crippen LogP contribution < -0.4 is 10.6 Å². The highest BCUT2D eigenvalue weighted by Gasteiger charge is 2.12. The van der Waals surface area contributed by atoms with E-state index < -0.39 is 0 Å². The number of rotatable bonds is 3. The van der Waals surface area contributed by atoms with Crippen molar-refractivity contribution in [3.05, 3.63) is 45.5 Å². The number of carbonyl (C=O) groups is 1. The predicted octanol–water partition coefficient (Wildman–Crippen LogP) is 4.79. The van der Waals surface area contributed by atoms with Crippen molar-refractivity contribution in [2.45, 2.75) is 6.92 Å². The standard InChI is InChI=1S/C16H12Cl3N5O/c1-2-20-16(25)24-13-4-3-11-15(23-13)22-12(7-21-11)9-5-8(17)6-10(18)14(9)19/h3-7H,2H2,1H3,(H2,20,22,23,24,25). The van der Waals surface area contributed by atoms with Crippen molar-refractivity contribution in [1.82, 2.24) is 20.3 Å². The van der Waals surface area contributed by atoms with E-state index in [1.54, 1.807) is 30.5 Å². The molecule has 2 N–H and O–H groups in total. The monoisotopic (exact) mass is 395 g/mol. The molecule has 0 unspecified atom stereocenters. The molecule has 0 aliphatic heterocycles. The van der Waals surface area contributed by atoms with E-state index in [1.165, 1.54) is 0 Å². The summed E-state index contributed by atoms with van der Waals surface area (Å²) in [6.45, 7) is 2.34. The number of carbonyl (C=O) groups excluding carboxylic acids is 1. The van der Waals surface area contributed by atoms with E-state index in [0.717, 1.165) is 0 Å². The van der Waals surface area contributed by atoms with Crippen molar-refractivity contribution < 1.29 is 4.79 Å². The zero-order valence-corrected chi connectivity index (χ0v) is 15.2. The Balaban J connectivity index is 2.03. The summed E-state index contributed by atoms with van der Waals surface area (Å²) >= 11 is 18.3. The normalized spacial score (nSPS) is 10.7.